The maximum atomic E-state index is 11.9. The summed E-state index contributed by atoms with van der Waals surface area (Å²) in [7, 11) is 0. The highest BCUT2D eigenvalue weighted by molar-refractivity contribution is 9.10. The highest BCUT2D eigenvalue weighted by atomic mass is 79.9. The smallest absolute Gasteiger partial charge is 0.244 e. The first-order valence-electron chi connectivity index (χ1n) is 5.31. The van der Waals surface area contributed by atoms with E-state index in [1.165, 1.54) is 0 Å². The zero-order chi connectivity index (χ0) is 12.2. The number of nitrogens with one attached hydrogen (secondary N) is 1. The number of carbonyl (C=O) groups excluding carboxylic acids is 1. The zero-order valence-corrected chi connectivity index (χ0v) is 12.4. The van der Waals surface area contributed by atoms with E-state index in [0.717, 1.165) is 16.6 Å². The zero-order valence-electron chi connectivity index (χ0n) is 10.00. The molecule has 1 aromatic rings. The Morgan fingerprint density at radius 3 is 2.41 bits per heavy atom. The van der Waals surface area contributed by atoms with Crippen LogP contribution in [-0.4, -0.2) is 11.4 Å². The summed E-state index contributed by atoms with van der Waals surface area (Å²) >= 11 is 3.34. The van der Waals surface area contributed by atoms with E-state index in [0.29, 0.717) is 6.42 Å². The molecule has 0 aliphatic carbocycles. The van der Waals surface area contributed by atoms with Crippen LogP contribution in [0.25, 0.3) is 0 Å². The molecule has 17 heavy (non-hydrogen) atoms. The second kappa shape index (κ2) is 6.99. The molecule has 0 bridgehead atoms. The van der Waals surface area contributed by atoms with Crippen LogP contribution < -0.4 is 11.1 Å². The van der Waals surface area contributed by atoms with E-state index in [1.807, 2.05) is 31.2 Å². The summed E-state index contributed by atoms with van der Waals surface area (Å²) in [5.74, 6) is -0.142. The predicted molar refractivity (Wildman–Crippen MR) is 77.5 cm³/mol. The summed E-state index contributed by atoms with van der Waals surface area (Å²) in [5, 5.41) is 2.81. The third kappa shape index (κ3) is 5.06. The van der Waals surface area contributed by atoms with E-state index < -0.39 is 5.54 Å². The molecule has 0 aliphatic rings. The lowest BCUT2D eigenvalue weighted by Gasteiger charge is -2.22. The van der Waals surface area contributed by atoms with Crippen LogP contribution in [0.5, 0.6) is 0 Å². The Kier molecular flexibility index (Phi) is 6.75. The molecule has 0 aliphatic heterocycles. The Labute approximate surface area is 117 Å². The minimum Gasteiger partial charge on any atom is -0.325 e. The van der Waals surface area contributed by atoms with Crippen molar-refractivity contribution in [2.24, 2.45) is 5.73 Å². The van der Waals surface area contributed by atoms with Gasteiger partial charge in [-0.2, -0.15) is 0 Å². The number of amides is 1. The maximum Gasteiger partial charge on any atom is 0.244 e. The second-order valence-corrected chi connectivity index (χ2v) is 5.04. The molecule has 5 heteroatoms. The molecule has 0 saturated heterocycles. The van der Waals surface area contributed by atoms with Gasteiger partial charge in [-0.05, 0) is 37.6 Å². The molecule has 1 rings (SSSR count). The topological polar surface area (TPSA) is 55.1 Å². The number of hydrogen-bond donors (Lipinski definition) is 2. The van der Waals surface area contributed by atoms with Crippen molar-refractivity contribution in [1.29, 1.82) is 0 Å². The molecule has 3 N–H and O–H groups in total. The van der Waals surface area contributed by atoms with Gasteiger partial charge in [0.15, 0.2) is 0 Å². The van der Waals surface area contributed by atoms with Gasteiger partial charge < -0.3 is 11.1 Å². The van der Waals surface area contributed by atoms with Crippen molar-refractivity contribution >= 4 is 39.9 Å². The van der Waals surface area contributed by atoms with Gasteiger partial charge in [0.25, 0.3) is 0 Å². The Balaban J connectivity index is 0.00000256. The summed E-state index contributed by atoms with van der Waals surface area (Å²) in [5.41, 5.74) is 5.89. The van der Waals surface area contributed by atoms with Gasteiger partial charge in [-0.25, -0.2) is 0 Å². The van der Waals surface area contributed by atoms with Crippen LogP contribution in [0.4, 0.5) is 5.69 Å². The summed E-state index contributed by atoms with van der Waals surface area (Å²) < 4.78 is 0.981. The summed E-state index contributed by atoms with van der Waals surface area (Å²) in [6.45, 7) is 3.77. The first kappa shape index (κ1) is 16.4. The molecule has 1 unspecified atom stereocenters. The second-order valence-electron chi connectivity index (χ2n) is 4.13. The number of anilines is 1. The third-order valence-electron chi connectivity index (χ3n) is 2.39. The van der Waals surface area contributed by atoms with Gasteiger partial charge in [0.1, 0.15) is 0 Å². The highest BCUT2D eigenvalue weighted by Gasteiger charge is 2.26. The van der Waals surface area contributed by atoms with Crippen LogP contribution in [0.3, 0.4) is 0 Å². The number of carbonyl (C=O) groups is 1. The van der Waals surface area contributed by atoms with Crippen molar-refractivity contribution in [3.63, 3.8) is 0 Å². The monoisotopic (exact) mass is 320 g/mol. The fourth-order valence-corrected chi connectivity index (χ4v) is 1.70. The van der Waals surface area contributed by atoms with E-state index in [1.54, 1.807) is 6.92 Å². The number of hydrogen-bond acceptors (Lipinski definition) is 2. The lowest BCUT2D eigenvalue weighted by atomic mass is 9.96. The van der Waals surface area contributed by atoms with Gasteiger partial charge in [0.05, 0.1) is 5.54 Å². The quantitative estimate of drug-likeness (QED) is 0.893. The molecule has 0 spiro atoms. The van der Waals surface area contributed by atoms with Gasteiger partial charge >= 0.3 is 0 Å². The molecular formula is C12H18BrClN2O. The van der Waals surface area contributed by atoms with Crippen LogP contribution >= 0.6 is 28.3 Å². The first-order chi connectivity index (χ1) is 7.45. The summed E-state index contributed by atoms with van der Waals surface area (Å²) in [4.78, 5) is 11.9. The Morgan fingerprint density at radius 1 is 1.41 bits per heavy atom. The standard InChI is InChI=1S/C12H17BrN2O.ClH/c1-3-8-12(2,14)11(16)15-10-6-4-9(13)5-7-10;/h4-7H,3,8,14H2,1-2H3,(H,15,16);1H. The fourth-order valence-electron chi connectivity index (χ4n) is 1.44. The van der Waals surface area contributed by atoms with Crippen molar-refractivity contribution in [2.75, 3.05) is 5.32 Å². The van der Waals surface area contributed by atoms with Gasteiger partial charge in [0, 0.05) is 10.2 Å². The van der Waals surface area contributed by atoms with Gasteiger partial charge in [-0.15, -0.1) is 12.4 Å². The SMILES string of the molecule is CCCC(C)(N)C(=O)Nc1ccc(Br)cc1.Cl. The largest absolute Gasteiger partial charge is 0.325 e. The van der Waals surface area contributed by atoms with Crippen LogP contribution in [-0.2, 0) is 4.79 Å². The highest BCUT2D eigenvalue weighted by Crippen LogP contribution is 2.16. The van der Waals surface area contributed by atoms with E-state index in [4.69, 9.17) is 5.73 Å². The Morgan fingerprint density at radius 2 is 1.94 bits per heavy atom. The number of benzene rings is 1. The molecule has 1 atom stereocenters. The number of rotatable bonds is 4. The minimum absolute atomic E-state index is 0. The molecule has 0 heterocycles. The fraction of sp³-hybridized carbons (Fsp3) is 0.417. The molecule has 0 aromatic heterocycles. The van der Waals surface area contributed by atoms with Gasteiger partial charge in [0.2, 0.25) is 5.91 Å². The minimum atomic E-state index is -0.804. The molecule has 0 saturated carbocycles. The molecule has 96 valence electrons. The summed E-state index contributed by atoms with van der Waals surface area (Å²) in [6, 6.07) is 7.43. The lowest BCUT2D eigenvalue weighted by molar-refractivity contribution is -0.120. The van der Waals surface area contributed by atoms with Gasteiger partial charge in [-0.1, -0.05) is 29.3 Å². The van der Waals surface area contributed by atoms with E-state index in [2.05, 4.69) is 21.2 Å². The predicted octanol–water partition coefficient (Wildman–Crippen LogP) is 3.33. The van der Waals surface area contributed by atoms with Crippen LogP contribution in [0, 0.1) is 0 Å². The maximum absolute atomic E-state index is 11.9. The van der Waals surface area contributed by atoms with Crippen molar-refractivity contribution in [3.8, 4) is 0 Å². The van der Waals surface area contributed by atoms with Crippen molar-refractivity contribution in [3.05, 3.63) is 28.7 Å². The van der Waals surface area contributed by atoms with Crippen LogP contribution in [0.15, 0.2) is 28.7 Å². The lowest BCUT2D eigenvalue weighted by Crippen LogP contribution is -2.48. The van der Waals surface area contributed by atoms with Crippen LogP contribution in [0.2, 0.25) is 0 Å². The molecule has 0 radical (unpaired) electrons. The Hall–Kier alpha value is -0.580. The first-order valence-corrected chi connectivity index (χ1v) is 6.11. The Bertz CT molecular complexity index is 365. The summed E-state index contributed by atoms with van der Waals surface area (Å²) in [6.07, 6.45) is 1.57. The molecule has 0 fully saturated rings. The normalized spacial score (nSPS) is 13.4. The average molecular weight is 322 g/mol. The molecule has 3 nitrogen and oxygen atoms in total. The van der Waals surface area contributed by atoms with Crippen LogP contribution in [0.1, 0.15) is 26.7 Å². The van der Waals surface area contributed by atoms with Crippen molar-refractivity contribution in [1.82, 2.24) is 0 Å². The third-order valence-corrected chi connectivity index (χ3v) is 2.92. The number of nitrogens with two attached hydrogens (primary N) is 1. The average Bonchev–Trinajstić information content (AvgIpc) is 2.21. The molecular weight excluding hydrogens is 304 g/mol. The van der Waals surface area contributed by atoms with E-state index in [-0.39, 0.29) is 18.3 Å². The molecule has 1 amide bonds. The molecule has 1 aromatic carbocycles. The van der Waals surface area contributed by atoms with E-state index >= 15 is 0 Å². The van der Waals surface area contributed by atoms with E-state index in [9.17, 15) is 4.79 Å². The number of halogens is 2. The van der Waals surface area contributed by atoms with Gasteiger partial charge in [-0.3, -0.25) is 4.79 Å². The van der Waals surface area contributed by atoms with Crippen molar-refractivity contribution in [2.45, 2.75) is 32.2 Å². The van der Waals surface area contributed by atoms with Crippen molar-refractivity contribution < 1.29 is 4.79 Å².